The molecule has 4 aliphatic heterocycles. The van der Waals surface area contributed by atoms with Crippen LogP contribution in [0.4, 0.5) is 0 Å². The molecule has 1 amide bonds. The SMILES string of the molecule is O=C1c2cccc3c2c(cn3Cc2ccccc2)CCN1[C@@H]1CN2CCC1CC2. The monoisotopic (exact) mass is 385 g/mol. The summed E-state index contributed by atoms with van der Waals surface area (Å²) in [4.78, 5) is 18.4. The first-order chi connectivity index (χ1) is 14.3. The molecule has 1 aromatic heterocycles. The fourth-order valence-electron chi connectivity index (χ4n) is 5.82. The van der Waals surface area contributed by atoms with Crippen LogP contribution < -0.4 is 0 Å². The number of hydrogen-bond acceptors (Lipinski definition) is 2. The van der Waals surface area contributed by atoms with Crippen molar-refractivity contribution in [3.8, 4) is 0 Å². The van der Waals surface area contributed by atoms with E-state index in [2.05, 4.69) is 63.0 Å². The molecule has 0 spiro atoms. The number of rotatable bonds is 3. The molecule has 7 rings (SSSR count). The van der Waals surface area contributed by atoms with Gasteiger partial charge in [0.15, 0.2) is 0 Å². The van der Waals surface area contributed by atoms with Crippen molar-refractivity contribution in [3.63, 3.8) is 0 Å². The van der Waals surface area contributed by atoms with Crippen molar-refractivity contribution in [3.05, 3.63) is 71.4 Å². The van der Waals surface area contributed by atoms with Gasteiger partial charge in [-0.05, 0) is 61.5 Å². The van der Waals surface area contributed by atoms with Gasteiger partial charge in [-0.3, -0.25) is 4.79 Å². The largest absolute Gasteiger partial charge is 0.343 e. The molecule has 0 aliphatic carbocycles. The van der Waals surface area contributed by atoms with Crippen LogP contribution in [0.5, 0.6) is 0 Å². The van der Waals surface area contributed by atoms with E-state index in [-0.39, 0.29) is 5.91 Å². The summed E-state index contributed by atoms with van der Waals surface area (Å²) >= 11 is 0. The molecule has 4 heteroatoms. The minimum absolute atomic E-state index is 0.241. The molecule has 29 heavy (non-hydrogen) atoms. The van der Waals surface area contributed by atoms with E-state index in [0.29, 0.717) is 12.0 Å². The van der Waals surface area contributed by atoms with Gasteiger partial charge in [-0.25, -0.2) is 0 Å². The van der Waals surface area contributed by atoms with E-state index in [1.807, 2.05) is 6.07 Å². The van der Waals surface area contributed by atoms with Gasteiger partial charge in [-0.15, -0.1) is 0 Å². The van der Waals surface area contributed by atoms with E-state index in [1.54, 1.807) is 0 Å². The van der Waals surface area contributed by atoms with Gasteiger partial charge in [0.2, 0.25) is 0 Å². The summed E-state index contributed by atoms with van der Waals surface area (Å²) in [7, 11) is 0. The van der Waals surface area contributed by atoms with Gasteiger partial charge < -0.3 is 14.4 Å². The zero-order valence-electron chi connectivity index (χ0n) is 16.8. The maximum atomic E-state index is 13.7. The third-order valence-corrected chi connectivity index (χ3v) is 7.32. The number of benzene rings is 2. The number of carbonyl (C=O) groups excluding carboxylic acids is 1. The highest BCUT2D eigenvalue weighted by Crippen LogP contribution is 2.35. The Morgan fingerprint density at radius 1 is 0.931 bits per heavy atom. The average molecular weight is 386 g/mol. The van der Waals surface area contributed by atoms with Crippen LogP contribution in [0.3, 0.4) is 0 Å². The molecule has 148 valence electrons. The van der Waals surface area contributed by atoms with Crippen LogP contribution in [-0.4, -0.2) is 52.5 Å². The topological polar surface area (TPSA) is 28.5 Å². The molecule has 3 saturated heterocycles. The summed E-state index contributed by atoms with van der Waals surface area (Å²) in [6, 6.07) is 17.2. The van der Waals surface area contributed by atoms with E-state index >= 15 is 0 Å². The Balaban J connectivity index is 1.38. The third kappa shape index (κ3) is 2.81. The maximum Gasteiger partial charge on any atom is 0.254 e. The number of hydrogen-bond donors (Lipinski definition) is 0. The van der Waals surface area contributed by atoms with E-state index < -0.39 is 0 Å². The highest BCUT2D eigenvalue weighted by Gasteiger charge is 2.40. The normalized spacial score (nSPS) is 26.1. The Morgan fingerprint density at radius 3 is 2.52 bits per heavy atom. The highest BCUT2D eigenvalue weighted by atomic mass is 16.2. The van der Waals surface area contributed by atoms with Crippen molar-refractivity contribution in [2.24, 2.45) is 5.92 Å². The van der Waals surface area contributed by atoms with Crippen LogP contribution in [-0.2, 0) is 13.0 Å². The van der Waals surface area contributed by atoms with Gasteiger partial charge in [0.1, 0.15) is 0 Å². The molecular weight excluding hydrogens is 358 g/mol. The van der Waals surface area contributed by atoms with E-state index in [9.17, 15) is 4.79 Å². The zero-order chi connectivity index (χ0) is 19.4. The predicted molar refractivity (Wildman–Crippen MR) is 115 cm³/mol. The number of fused-ring (bicyclic) bond motifs is 3. The molecule has 3 fully saturated rings. The molecule has 2 bridgehead atoms. The lowest BCUT2D eigenvalue weighted by Gasteiger charge is -2.49. The standard InChI is InChI=1S/C25H27N3O/c29-25-21-7-4-8-22-24(21)20(16-27(22)15-18-5-2-1-3-6-18)11-14-28(25)23-17-26-12-9-19(23)10-13-26/h1-8,16,19,23H,9-15,17H2/t23-/m1/s1. The summed E-state index contributed by atoms with van der Waals surface area (Å²) in [5.74, 6) is 0.921. The van der Waals surface area contributed by atoms with Crippen LogP contribution in [0, 0.1) is 5.92 Å². The second-order valence-corrected chi connectivity index (χ2v) is 8.92. The quantitative estimate of drug-likeness (QED) is 0.686. The van der Waals surface area contributed by atoms with Gasteiger partial charge >= 0.3 is 0 Å². The minimum atomic E-state index is 0.241. The first kappa shape index (κ1) is 17.3. The predicted octanol–water partition coefficient (Wildman–Crippen LogP) is 3.78. The van der Waals surface area contributed by atoms with E-state index in [4.69, 9.17) is 0 Å². The number of amides is 1. The van der Waals surface area contributed by atoms with Gasteiger partial charge in [0.25, 0.3) is 5.91 Å². The second kappa shape index (κ2) is 6.74. The average Bonchev–Trinajstić information content (AvgIpc) is 3.05. The first-order valence-electron chi connectivity index (χ1n) is 11.0. The summed E-state index contributed by atoms with van der Waals surface area (Å²) in [6.07, 6.45) is 5.72. The van der Waals surface area contributed by atoms with E-state index in [0.717, 1.165) is 31.6 Å². The van der Waals surface area contributed by atoms with Crippen LogP contribution >= 0.6 is 0 Å². The molecule has 0 saturated carbocycles. The lowest BCUT2D eigenvalue weighted by molar-refractivity contribution is 0.00826. The van der Waals surface area contributed by atoms with Crippen molar-refractivity contribution < 1.29 is 4.79 Å². The molecule has 1 atom stereocenters. The van der Waals surface area contributed by atoms with Gasteiger partial charge in [-0.1, -0.05) is 36.4 Å². The van der Waals surface area contributed by atoms with Crippen LogP contribution in [0.1, 0.15) is 34.3 Å². The summed E-state index contributed by atoms with van der Waals surface area (Å²) in [5, 5.41) is 1.18. The van der Waals surface area contributed by atoms with Crippen molar-refractivity contribution in [2.45, 2.75) is 31.8 Å². The molecule has 4 aliphatic rings. The van der Waals surface area contributed by atoms with Crippen LogP contribution in [0.2, 0.25) is 0 Å². The Morgan fingerprint density at radius 2 is 1.76 bits per heavy atom. The molecular formula is C25H27N3O. The number of carbonyl (C=O) groups is 1. The molecule has 0 radical (unpaired) electrons. The minimum Gasteiger partial charge on any atom is -0.343 e. The Kier molecular flexibility index (Phi) is 4.01. The first-order valence-corrected chi connectivity index (χ1v) is 11.0. The Labute approximate surface area is 171 Å². The molecule has 5 heterocycles. The number of piperidine rings is 3. The van der Waals surface area contributed by atoms with Gasteiger partial charge in [0, 0.05) is 48.3 Å². The van der Waals surface area contributed by atoms with Gasteiger partial charge in [-0.2, -0.15) is 0 Å². The zero-order valence-corrected chi connectivity index (χ0v) is 16.8. The summed E-state index contributed by atoms with van der Waals surface area (Å²) in [6.45, 7) is 5.17. The fraction of sp³-hybridized carbons (Fsp3) is 0.400. The number of aromatic nitrogens is 1. The second-order valence-electron chi connectivity index (χ2n) is 8.92. The summed E-state index contributed by atoms with van der Waals surface area (Å²) < 4.78 is 2.32. The van der Waals surface area contributed by atoms with Crippen molar-refractivity contribution >= 4 is 16.8 Å². The summed E-state index contributed by atoms with van der Waals surface area (Å²) in [5.41, 5.74) is 4.70. The molecule has 3 aromatic rings. The molecule has 2 aromatic carbocycles. The van der Waals surface area contributed by atoms with Gasteiger partial charge in [0.05, 0.1) is 0 Å². The molecule has 0 N–H and O–H groups in total. The number of nitrogens with zero attached hydrogens (tertiary/aromatic N) is 3. The fourth-order valence-corrected chi connectivity index (χ4v) is 5.82. The Hall–Kier alpha value is -2.59. The van der Waals surface area contributed by atoms with Crippen LogP contribution in [0.25, 0.3) is 10.9 Å². The Bertz CT molecular complexity index is 1060. The lowest BCUT2D eigenvalue weighted by Crippen LogP contribution is -2.58. The van der Waals surface area contributed by atoms with Crippen molar-refractivity contribution in [1.29, 1.82) is 0 Å². The highest BCUT2D eigenvalue weighted by molar-refractivity contribution is 6.08. The smallest absolute Gasteiger partial charge is 0.254 e. The van der Waals surface area contributed by atoms with Crippen molar-refractivity contribution in [2.75, 3.05) is 26.2 Å². The third-order valence-electron chi connectivity index (χ3n) is 7.32. The van der Waals surface area contributed by atoms with E-state index in [1.165, 1.54) is 48.0 Å². The van der Waals surface area contributed by atoms with Crippen LogP contribution in [0.15, 0.2) is 54.7 Å². The maximum absolute atomic E-state index is 13.7. The molecule has 0 unspecified atom stereocenters. The lowest BCUT2D eigenvalue weighted by atomic mass is 9.83. The van der Waals surface area contributed by atoms with Crippen molar-refractivity contribution in [1.82, 2.24) is 14.4 Å². The molecule has 4 nitrogen and oxygen atoms in total.